The molecule has 0 radical (unpaired) electrons. The molecule has 9 heteroatoms. The lowest BCUT2D eigenvalue weighted by molar-refractivity contribution is 0.0499. The fourth-order valence-corrected chi connectivity index (χ4v) is 5.07. The highest BCUT2D eigenvalue weighted by atomic mass is 32.2. The number of hydrogen-bond donors (Lipinski definition) is 1. The molecule has 0 aliphatic carbocycles. The summed E-state index contributed by atoms with van der Waals surface area (Å²) in [5.74, 6) is -0.688. The Hall–Kier alpha value is -2.91. The molecule has 172 valence electrons. The summed E-state index contributed by atoms with van der Waals surface area (Å²) in [6.07, 6.45) is 3.36. The van der Waals surface area contributed by atoms with E-state index in [0.29, 0.717) is 30.9 Å². The number of carbonyl (C=O) groups excluding carboxylic acids is 2. The van der Waals surface area contributed by atoms with Crippen molar-refractivity contribution in [1.29, 1.82) is 0 Å². The van der Waals surface area contributed by atoms with Gasteiger partial charge in [0.05, 0.1) is 19.3 Å². The van der Waals surface area contributed by atoms with Crippen LogP contribution in [0.3, 0.4) is 0 Å². The van der Waals surface area contributed by atoms with Crippen molar-refractivity contribution in [2.45, 2.75) is 37.5 Å². The maximum absolute atomic E-state index is 13.0. The summed E-state index contributed by atoms with van der Waals surface area (Å²) in [5, 5.41) is 2.72. The number of nitrogens with one attached hydrogen (secondary N) is 1. The van der Waals surface area contributed by atoms with Gasteiger partial charge in [0.1, 0.15) is 10.6 Å². The van der Waals surface area contributed by atoms with Crippen LogP contribution < -0.4 is 10.1 Å². The number of amides is 1. The summed E-state index contributed by atoms with van der Waals surface area (Å²) in [6.45, 7) is 3.29. The second-order valence-electron chi connectivity index (χ2n) is 7.50. The van der Waals surface area contributed by atoms with Crippen molar-refractivity contribution >= 4 is 27.6 Å². The zero-order valence-corrected chi connectivity index (χ0v) is 19.1. The van der Waals surface area contributed by atoms with Crippen LogP contribution >= 0.6 is 0 Å². The highest BCUT2D eigenvalue weighted by Crippen LogP contribution is 2.30. The number of unbranched alkanes of at least 4 members (excludes halogenated alkanes) is 1. The van der Waals surface area contributed by atoms with Crippen LogP contribution in [-0.2, 0) is 14.8 Å². The lowest BCUT2D eigenvalue weighted by atomic mass is 10.1. The number of rotatable bonds is 9. The molecule has 0 atom stereocenters. The first-order chi connectivity index (χ1) is 15.4. The molecule has 1 fully saturated rings. The Morgan fingerprint density at radius 3 is 2.31 bits per heavy atom. The molecule has 0 bridgehead atoms. The third-order valence-corrected chi connectivity index (χ3v) is 7.14. The molecule has 0 unspecified atom stereocenters. The number of nitrogens with zero attached hydrogens (tertiary/aromatic N) is 1. The number of ether oxygens (including phenoxy) is 2. The van der Waals surface area contributed by atoms with Crippen molar-refractivity contribution in [3.8, 4) is 5.75 Å². The van der Waals surface area contributed by atoms with Gasteiger partial charge in [0.15, 0.2) is 0 Å². The highest BCUT2D eigenvalue weighted by Gasteiger charge is 2.30. The Balaban J connectivity index is 1.74. The maximum atomic E-state index is 13.0. The summed E-state index contributed by atoms with van der Waals surface area (Å²) in [6, 6.07) is 10.7. The molecule has 3 rings (SSSR count). The number of hydrogen-bond acceptors (Lipinski definition) is 6. The third-order valence-electron chi connectivity index (χ3n) is 5.22. The van der Waals surface area contributed by atoms with Crippen LogP contribution in [0.25, 0.3) is 0 Å². The first kappa shape index (κ1) is 23.7. The summed E-state index contributed by atoms with van der Waals surface area (Å²) in [4.78, 5) is 24.7. The Kier molecular flexibility index (Phi) is 7.87. The van der Waals surface area contributed by atoms with Gasteiger partial charge < -0.3 is 14.8 Å². The van der Waals surface area contributed by atoms with Crippen molar-refractivity contribution < 1.29 is 27.5 Å². The number of carbonyl (C=O) groups is 2. The Morgan fingerprint density at radius 1 is 1.03 bits per heavy atom. The molecule has 0 saturated carbocycles. The SMILES string of the molecule is CCCCOC(=O)c1ccc(NC(=O)c2ccc(OC)c(S(=O)(=O)N3CCCC3)c2)cc1. The molecule has 2 aromatic carbocycles. The van der Waals surface area contributed by atoms with Crippen LogP contribution in [-0.4, -0.2) is 51.4 Å². The lowest BCUT2D eigenvalue weighted by Gasteiger charge is -2.18. The molecule has 1 aliphatic rings. The predicted octanol–water partition coefficient (Wildman–Crippen LogP) is 3.69. The van der Waals surface area contributed by atoms with Crippen molar-refractivity contribution in [3.63, 3.8) is 0 Å². The molecule has 32 heavy (non-hydrogen) atoms. The summed E-state index contributed by atoms with van der Waals surface area (Å²) in [5.41, 5.74) is 1.05. The minimum Gasteiger partial charge on any atom is -0.495 e. The van der Waals surface area contributed by atoms with Gasteiger partial charge >= 0.3 is 5.97 Å². The van der Waals surface area contributed by atoms with E-state index in [1.165, 1.54) is 29.6 Å². The molecule has 1 aliphatic heterocycles. The van der Waals surface area contributed by atoms with Crippen molar-refractivity contribution in [3.05, 3.63) is 53.6 Å². The minimum atomic E-state index is -3.76. The van der Waals surface area contributed by atoms with E-state index in [2.05, 4.69) is 5.32 Å². The van der Waals surface area contributed by atoms with Gasteiger partial charge in [-0.05, 0) is 61.7 Å². The van der Waals surface area contributed by atoms with Gasteiger partial charge in [-0.1, -0.05) is 13.3 Å². The molecular weight excluding hydrogens is 432 g/mol. The Bertz CT molecular complexity index is 1060. The van der Waals surface area contributed by atoms with Gasteiger partial charge in [0.25, 0.3) is 5.91 Å². The van der Waals surface area contributed by atoms with Gasteiger partial charge in [0.2, 0.25) is 10.0 Å². The van der Waals surface area contributed by atoms with Crippen LogP contribution in [0.1, 0.15) is 53.3 Å². The standard InChI is InChI=1S/C23H28N2O6S/c1-3-4-15-31-23(27)17-7-10-19(11-8-17)24-22(26)18-9-12-20(30-2)21(16-18)32(28,29)25-13-5-6-14-25/h7-12,16H,3-6,13-15H2,1-2H3,(H,24,26). The van der Waals surface area contributed by atoms with E-state index in [9.17, 15) is 18.0 Å². The highest BCUT2D eigenvalue weighted by molar-refractivity contribution is 7.89. The summed E-state index contributed by atoms with van der Waals surface area (Å²) < 4.78 is 37.8. The van der Waals surface area contributed by atoms with Crippen LogP contribution in [0.15, 0.2) is 47.4 Å². The average molecular weight is 461 g/mol. The molecule has 8 nitrogen and oxygen atoms in total. The number of esters is 1. The fraction of sp³-hybridized carbons (Fsp3) is 0.391. The molecule has 0 aromatic heterocycles. The maximum Gasteiger partial charge on any atom is 0.338 e. The molecular formula is C23H28N2O6S. The molecule has 1 saturated heterocycles. The van der Waals surface area contributed by atoms with Gasteiger partial charge in [-0.15, -0.1) is 0 Å². The topological polar surface area (TPSA) is 102 Å². The normalized spacial score (nSPS) is 14.2. The van der Waals surface area contributed by atoms with Gasteiger partial charge in [0, 0.05) is 24.3 Å². The molecule has 1 N–H and O–H groups in total. The van der Waals surface area contributed by atoms with E-state index < -0.39 is 21.9 Å². The molecule has 1 amide bonds. The predicted molar refractivity (Wildman–Crippen MR) is 121 cm³/mol. The van der Waals surface area contributed by atoms with E-state index >= 15 is 0 Å². The number of anilines is 1. The quantitative estimate of drug-likeness (QED) is 0.452. The first-order valence-electron chi connectivity index (χ1n) is 10.6. The average Bonchev–Trinajstić information content (AvgIpc) is 3.35. The third kappa shape index (κ3) is 5.46. The van der Waals surface area contributed by atoms with Crippen LogP contribution in [0, 0.1) is 0 Å². The Labute approximate surface area is 188 Å². The first-order valence-corrected chi connectivity index (χ1v) is 12.1. The summed E-state index contributed by atoms with van der Waals surface area (Å²) in [7, 11) is -2.36. The molecule has 2 aromatic rings. The van der Waals surface area contributed by atoms with Crippen molar-refractivity contribution in [1.82, 2.24) is 4.31 Å². The monoisotopic (exact) mass is 460 g/mol. The van der Waals surface area contributed by atoms with E-state index in [4.69, 9.17) is 9.47 Å². The van der Waals surface area contributed by atoms with E-state index in [1.54, 1.807) is 24.3 Å². The van der Waals surface area contributed by atoms with E-state index in [0.717, 1.165) is 25.7 Å². The van der Waals surface area contributed by atoms with Crippen LogP contribution in [0.2, 0.25) is 0 Å². The molecule has 0 spiro atoms. The second kappa shape index (κ2) is 10.6. The van der Waals surface area contributed by atoms with Crippen LogP contribution in [0.4, 0.5) is 5.69 Å². The van der Waals surface area contributed by atoms with Crippen molar-refractivity contribution in [2.24, 2.45) is 0 Å². The smallest absolute Gasteiger partial charge is 0.338 e. The zero-order chi connectivity index (χ0) is 23.1. The minimum absolute atomic E-state index is 0.0280. The number of benzene rings is 2. The Morgan fingerprint density at radius 2 is 1.69 bits per heavy atom. The number of methoxy groups -OCH3 is 1. The van der Waals surface area contributed by atoms with Gasteiger partial charge in [-0.2, -0.15) is 4.31 Å². The summed E-state index contributed by atoms with van der Waals surface area (Å²) >= 11 is 0. The van der Waals surface area contributed by atoms with Gasteiger partial charge in [-0.25, -0.2) is 13.2 Å². The second-order valence-corrected chi connectivity index (χ2v) is 9.40. The largest absolute Gasteiger partial charge is 0.495 e. The van der Waals surface area contributed by atoms with Crippen molar-refractivity contribution in [2.75, 3.05) is 32.1 Å². The molecule has 1 heterocycles. The fourth-order valence-electron chi connectivity index (χ4n) is 3.37. The lowest BCUT2D eigenvalue weighted by Crippen LogP contribution is -2.28. The van der Waals surface area contributed by atoms with E-state index in [-0.39, 0.29) is 16.2 Å². The zero-order valence-electron chi connectivity index (χ0n) is 18.3. The number of sulfonamides is 1. The van der Waals surface area contributed by atoms with Gasteiger partial charge in [-0.3, -0.25) is 4.79 Å². The van der Waals surface area contributed by atoms with Crippen LogP contribution in [0.5, 0.6) is 5.75 Å². The van der Waals surface area contributed by atoms with E-state index in [1.807, 2.05) is 6.92 Å².